The first-order valence-electron chi connectivity index (χ1n) is 40.5. The predicted molar refractivity (Wildman–Crippen MR) is 488 cm³/mol. The highest BCUT2D eigenvalue weighted by Crippen LogP contribution is 2.48. The van der Waals surface area contributed by atoms with Gasteiger partial charge >= 0.3 is 12.4 Å². The van der Waals surface area contributed by atoms with Gasteiger partial charge < -0.3 is 18.3 Å². The van der Waals surface area contributed by atoms with E-state index in [1.165, 1.54) is 0 Å². The molecule has 0 saturated carbocycles. The molecular weight excluding hydrogens is 1520 g/mol. The van der Waals surface area contributed by atoms with Crippen molar-refractivity contribution in [1.82, 2.24) is 28.2 Å². The molecule has 5 heterocycles. The number of benzene rings is 18. The van der Waals surface area contributed by atoms with Crippen LogP contribution in [-0.4, -0.2) is 28.2 Å². The van der Waals surface area contributed by atoms with E-state index < -0.39 is 23.5 Å². The van der Waals surface area contributed by atoms with Gasteiger partial charge in [0.2, 0.25) is 0 Å². The Hall–Kier alpha value is -15.7. The Kier molecular flexibility index (Phi) is 16.4. The zero-order valence-electron chi connectivity index (χ0n) is 65.1. The summed E-state index contributed by atoms with van der Waals surface area (Å²) in [6.07, 6.45) is -10.3. The van der Waals surface area contributed by atoms with Crippen LogP contribution in [0.4, 0.5) is 26.3 Å². The second kappa shape index (κ2) is 28.0. The van der Waals surface area contributed by atoms with Crippen molar-refractivity contribution < 1.29 is 26.3 Å². The molecule has 12 heteroatoms. The van der Waals surface area contributed by atoms with Crippen LogP contribution in [0.2, 0.25) is 0 Å². The molecule has 0 atom stereocenters. The third kappa shape index (κ3) is 12.0. The molecular formula is C110H66F6N6. The van der Waals surface area contributed by atoms with Gasteiger partial charge in [-0.05, 0) is 236 Å². The van der Waals surface area contributed by atoms with Gasteiger partial charge in [0, 0.05) is 87.7 Å². The van der Waals surface area contributed by atoms with Crippen molar-refractivity contribution in [2.75, 3.05) is 0 Å². The molecule has 6 nitrogen and oxygen atoms in total. The van der Waals surface area contributed by atoms with Gasteiger partial charge in [-0.1, -0.05) is 237 Å². The van der Waals surface area contributed by atoms with E-state index >= 15 is 26.3 Å². The first-order chi connectivity index (χ1) is 59.7. The van der Waals surface area contributed by atoms with Crippen molar-refractivity contribution in [2.24, 2.45) is 0 Å². The number of aromatic nitrogens is 6. The van der Waals surface area contributed by atoms with E-state index in [2.05, 4.69) is 291 Å². The Labute approximate surface area is 695 Å². The molecule has 0 radical (unpaired) electrons. The van der Waals surface area contributed by atoms with Gasteiger partial charge in [0.25, 0.3) is 0 Å². The minimum Gasteiger partial charge on any atom is -0.309 e. The molecule has 0 fully saturated rings. The largest absolute Gasteiger partial charge is 0.416 e. The molecule has 0 amide bonds. The summed E-state index contributed by atoms with van der Waals surface area (Å²) in [7, 11) is 0. The zero-order valence-corrected chi connectivity index (χ0v) is 65.1. The maximum atomic E-state index is 15.2. The van der Waals surface area contributed by atoms with Crippen LogP contribution in [-0.2, 0) is 12.4 Å². The SMILES string of the molecule is FC(F)(F)c1cc(-c2nc(-c3cc(-n4c5ccc(-c6ccccc6)cc5c5cc(-c6ccc7c(c6)c6cc(-c8ccccc8)ccc6n7-c6ccccc6)ccc54)cc(-n4c5ccc(-c6ccccc6)cc5c5cc(-c6ccc7c(c6)c6cc(-c8ccccc8)ccc6n7-c6ccccc6)ccc54)c3)nc3c2ccc2ccccc23)cc(C(F)(F)F)c1. The Bertz CT molecular complexity index is 7780. The van der Waals surface area contributed by atoms with Gasteiger partial charge in [-0.25, -0.2) is 9.97 Å². The van der Waals surface area contributed by atoms with Crippen molar-refractivity contribution >= 4 is 109 Å². The van der Waals surface area contributed by atoms with Gasteiger partial charge in [-0.15, -0.1) is 0 Å². The van der Waals surface area contributed by atoms with Gasteiger partial charge in [0.05, 0.1) is 66.5 Å². The fraction of sp³-hybridized carbons (Fsp3) is 0.0182. The predicted octanol–water partition coefficient (Wildman–Crippen LogP) is 30.5. The summed E-state index contributed by atoms with van der Waals surface area (Å²) >= 11 is 0. The highest BCUT2D eigenvalue weighted by Gasteiger charge is 2.38. The molecule has 0 unspecified atom stereocenters. The van der Waals surface area contributed by atoms with Gasteiger partial charge in [0.15, 0.2) is 5.82 Å². The van der Waals surface area contributed by atoms with Crippen molar-refractivity contribution in [1.29, 1.82) is 0 Å². The Balaban J connectivity index is 0.782. The van der Waals surface area contributed by atoms with E-state index in [0.717, 1.165) is 183 Å². The van der Waals surface area contributed by atoms with Crippen LogP contribution in [0.1, 0.15) is 11.1 Å². The van der Waals surface area contributed by atoms with Crippen LogP contribution >= 0.6 is 0 Å². The Morgan fingerprint density at radius 1 is 0.180 bits per heavy atom. The minimum atomic E-state index is -5.15. The van der Waals surface area contributed by atoms with Crippen molar-refractivity contribution in [2.45, 2.75) is 12.4 Å². The summed E-state index contributed by atoms with van der Waals surface area (Å²) in [6, 6.07) is 135. The second-order valence-corrected chi connectivity index (χ2v) is 31.4. The molecule has 23 rings (SSSR count). The first-order valence-corrected chi connectivity index (χ1v) is 40.5. The fourth-order valence-electron chi connectivity index (χ4n) is 18.6. The summed E-state index contributed by atoms with van der Waals surface area (Å²) in [5, 5.41) is 9.92. The highest BCUT2D eigenvalue weighted by molar-refractivity contribution is 6.17. The van der Waals surface area contributed by atoms with Crippen LogP contribution in [0.5, 0.6) is 0 Å². The molecule has 578 valence electrons. The van der Waals surface area contributed by atoms with Crippen molar-refractivity contribution in [3.05, 3.63) is 412 Å². The van der Waals surface area contributed by atoms with E-state index in [0.29, 0.717) is 27.8 Å². The summed E-state index contributed by atoms with van der Waals surface area (Å²) in [4.78, 5) is 10.7. The number of rotatable bonds is 12. The highest BCUT2D eigenvalue weighted by atomic mass is 19.4. The van der Waals surface area contributed by atoms with Gasteiger partial charge in [-0.2, -0.15) is 26.3 Å². The topological polar surface area (TPSA) is 45.5 Å². The molecule has 5 aromatic heterocycles. The lowest BCUT2D eigenvalue weighted by Gasteiger charge is -2.18. The maximum Gasteiger partial charge on any atom is 0.416 e. The summed E-state index contributed by atoms with van der Waals surface area (Å²) in [5.41, 5.74) is 21.1. The third-order valence-corrected chi connectivity index (χ3v) is 24.3. The second-order valence-electron chi connectivity index (χ2n) is 31.4. The smallest absolute Gasteiger partial charge is 0.309 e. The lowest BCUT2D eigenvalue weighted by molar-refractivity contribution is -0.143. The lowest BCUT2D eigenvalue weighted by atomic mass is 9.97. The monoisotopic (exact) mass is 1580 g/mol. The molecule has 0 N–H and O–H groups in total. The first kappa shape index (κ1) is 71.6. The normalized spacial score (nSPS) is 12.2. The molecule has 0 bridgehead atoms. The third-order valence-electron chi connectivity index (χ3n) is 24.3. The Morgan fingerprint density at radius 3 is 0.770 bits per heavy atom. The van der Waals surface area contributed by atoms with Crippen LogP contribution in [0.15, 0.2) is 400 Å². The van der Waals surface area contributed by atoms with E-state index in [-0.39, 0.29) is 28.5 Å². The summed E-state index contributed by atoms with van der Waals surface area (Å²) in [6.45, 7) is 0. The molecule has 0 aliphatic carbocycles. The van der Waals surface area contributed by atoms with Crippen LogP contribution in [0.25, 0.3) is 221 Å². The number of para-hydroxylation sites is 2. The zero-order chi connectivity index (χ0) is 81.6. The van der Waals surface area contributed by atoms with E-state index in [4.69, 9.17) is 9.97 Å². The molecule has 23 aromatic rings. The summed E-state index contributed by atoms with van der Waals surface area (Å²) < 4.78 is 100. The molecule has 0 spiro atoms. The fourth-order valence-corrected chi connectivity index (χ4v) is 18.6. The minimum absolute atomic E-state index is 0.0709. The molecule has 0 aliphatic heterocycles. The number of fused-ring (bicyclic) bond motifs is 15. The quantitative estimate of drug-likeness (QED) is 0.0904. The Morgan fingerprint density at radius 2 is 0.459 bits per heavy atom. The average molecular weight is 1590 g/mol. The number of halogens is 6. The lowest BCUT2D eigenvalue weighted by Crippen LogP contribution is -2.11. The standard InChI is InChI=1S/C110H66F6N6/c111-109(112,113)82-53-80(54-83(65-82)110(114,115)116)106-89-44-35-71-29-19-20-34-88(71)107(89)118-108(117-106)81-55-86(121-102-47-38-74(69-25-11-3-12-26-69)59-92(102)96-63-78(42-51-104(96)121)76-40-49-100-94(61-76)90-57-72(67-21-7-1-8-22-67)36-45-98(90)119(100)84-30-15-5-16-31-84)66-87(56-81)122-103-48-39-75(70-27-13-4-14-28-70)60-93(103)97-64-79(43-52-105(97)122)77-41-50-101-95(62-77)91-58-73(68-23-9-2-10-24-68)37-46-99(91)120(101)85-32-17-6-18-33-85/h1-66H. The van der Waals surface area contributed by atoms with Gasteiger partial charge in [-0.3, -0.25) is 0 Å². The molecule has 18 aromatic carbocycles. The number of nitrogens with zero attached hydrogens (tertiary/aromatic N) is 6. The van der Waals surface area contributed by atoms with Crippen LogP contribution in [0.3, 0.4) is 0 Å². The maximum absolute atomic E-state index is 15.2. The van der Waals surface area contributed by atoms with E-state index in [9.17, 15) is 0 Å². The number of hydrogen-bond donors (Lipinski definition) is 0. The molecule has 0 aliphatic rings. The van der Waals surface area contributed by atoms with Gasteiger partial charge in [0.1, 0.15) is 0 Å². The number of alkyl halides is 6. The van der Waals surface area contributed by atoms with Crippen molar-refractivity contribution in [3.63, 3.8) is 0 Å². The van der Waals surface area contributed by atoms with E-state index in [1.807, 2.05) is 97.1 Å². The van der Waals surface area contributed by atoms with E-state index in [1.54, 1.807) is 12.1 Å². The van der Waals surface area contributed by atoms with Crippen LogP contribution < -0.4 is 0 Å². The average Bonchev–Trinajstić information content (AvgIpc) is 1.53. The molecule has 0 saturated heterocycles. The van der Waals surface area contributed by atoms with Crippen LogP contribution in [0, 0.1) is 0 Å². The summed E-state index contributed by atoms with van der Waals surface area (Å²) in [5.74, 6) is 0.0709. The molecule has 122 heavy (non-hydrogen) atoms. The van der Waals surface area contributed by atoms with Crippen molar-refractivity contribution in [3.8, 4) is 112 Å². The number of hydrogen-bond acceptors (Lipinski definition) is 2.